The van der Waals surface area contributed by atoms with E-state index in [1.165, 1.54) is 154 Å². The van der Waals surface area contributed by atoms with Crippen molar-refractivity contribution in [3.63, 3.8) is 0 Å². The van der Waals surface area contributed by atoms with Crippen LogP contribution in [0.3, 0.4) is 0 Å². The van der Waals surface area contributed by atoms with Gasteiger partial charge in [-0.05, 0) is 32.1 Å². The average Bonchev–Trinajstić information content (AvgIpc) is 3.48. The monoisotopic (exact) mass is 438 g/mol. The lowest BCUT2D eigenvalue weighted by Gasteiger charge is -2.29. The highest BCUT2D eigenvalue weighted by Crippen LogP contribution is 2.57. The second-order valence-electron chi connectivity index (χ2n) is 10.4. The van der Waals surface area contributed by atoms with Gasteiger partial charge >= 0.3 is 0 Å². The third kappa shape index (κ3) is 12.4. The molecule has 0 aromatic heterocycles. The molecule has 2 aliphatic rings. The lowest BCUT2D eigenvalue weighted by atomic mass is 10.0. The lowest BCUT2D eigenvalue weighted by molar-refractivity contribution is 0.325. The van der Waals surface area contributed by atoms with Gasteiger partial charge in [-0.3, -0.25) is 0 Å². The summed E-state index contributed by atoms with van der Waals surface area (Å²) in [6, 6.07) is 0. The van der Waals surface area contributed by atoms with Crippen molar-refractivity contribution in [1.29, 1.82) is 0 Å². The van der Waals surface area contributed by atoms with Crippen LogP contribution in [0.4, 0.5) is 0 Å². The summed E-state index contributed by atoms with van der Waals surface area (Å²) in [5, 5.41) is 0. The Kier molecular flexibility index (Phi) is 16.8. The fraction of sp³-hybridized carbons (Fsp3) is 1.00. The van der Waals surface area contributed by atoms with Crippen LogP contribution in [-0.4, -0.2) is 17.9 Å². The van der Waals surface area contributed by atoms with Gasteiger partial charge in [0.1, 0.15) is 0 Å². The lowest BCUT2D eigenvalue weighted by Crippen LogP contribution is -2.12. The molecule has 0 aromatic rings. The van der Waals surface area contributed by atoms with Crippen molar-refractivity contribution in [1.82, 2.24) is 0 Å². The summed E-state index contributed by atoms with van der Waals surface area (Å²) >= 11 is 0. The quantitative estimate of drug-likeness (QED) is 0.136. The van der Waals surface area contributed by atoms with Crippen molar-refractivity contribution in [2.45, 2.75) is 172 Å². The van der Waals surface area contributed by atoms with Gasteiger partial charge in [-0.2, -0.15) is 0 Å². The van der Waals surface area contributed by atoms with E-state index < -0.39 is 0 Å². The van der Waals surface area contributed by atoms with E-state index in [-0.39, 0.29) is 8.15 Å². The molecule has 2 fully saturated rings. The summed E-state index contributed by atoms with van der Waals surface area (Å²) in [4.78, 5) is 0. The van der Waals surface area contributed by atoms with Gasteiger partial charge in [-0.1, -0.05) is 129 Å². The van der Waals surface area contributed by atoms with Crippen molar-refractivity contribution in [2.24, 2.45) is 0 Å². The van der Waals surface area contributed by atoms with Gasteiger partial charge in [0.2, 0.25) is 0 Å². The van der Waals surface area contributed by atoms with Gasteiger partial charge in [0.25, 0.3) is 0 Å². The van der Waals surface area contributed by atoms with Crippen molar-refractivity contribution < 1.29 is 4.52 Å². The van der Waals surface area contributed by atoms with E-state index in [9.17, 15) is 0 Å². The number of hydrogen-bond acceptors (Lipinski definition) is 1. The standard InChI is InChI=1S/C28H55OP/c1-2-3-4-5-6-7-8-9-10-11-12-13-14-15-16-21-26-29-30(27-22-17-18-23-27)28-24-19-20-25-28/h27-28H,2-26H2,1H3. The predicted molar refractivity (Wildman–Crippen MR) is 137 cm³/mol. The fourth-order valence-electron chi connectivity index (χ4n) is 5.65. The topological polar surface area (TPSA) is 9.23 Å². The molecule has 0 amide bonds. The van der Waals surface area contributed by atoms with Crippen molar-refractivity contribution >= 4 is 8.15 Å². The van der Waals surface area contributed by atoms with Gasteiger partial charge in [0.05, 0.1) is 6.61 Å². The summed E-state index contributed by atoms with van der Waals surface area (Å²) < 4.78 is 6.59. The molecular weight excluding hydrogens is 383 g/mol. The maximum atomic E-state index is 6.59. The molecule has 0 aromatic carbocycles. The zero-order valence-electron chi connectivity index (χ0n) is 20.7. The zero-order chi connectivity index (χ0) is 21.1. The van der Waals surface area contributed by atoms with E-state index >= 15 is 0 Å². The zero-order valence-corrected chi connectivity index (χ0v) is 21.6. The van der Waals surface area contributed by atoms with Crippen LogP contribution < -0.4 is 0 Å². The molecule has 0 saturated heterocycles. The molecule has 2 heteroatoms. The summed E-state index contributed by atoms with van der Waals surface area (Å²) in [6.45, 7) is 3.37. The summed E-state index contributed by atoms with van der Waals surface area (Å²) in [5.41, 5.74) is 1.92. The molecule has 2 rings (SSSR count). The molecule has 0 spiro atoms. The van der Waals surface area contributed by atoms with Crippen LogP contribution in [0.25, 0.3) is 0 Å². The van der Waals surface area contributed by atoms with Gasteiger partial charge < -0.3 is 4.52 Å². The molecule has 0 atom stereocenters. The van der Waals surface area contributed by atoms with Crippen molar-refractivity contribution in [3.05, 3.63) is 0 Å². The molecule has 2 aliphatic carbocycles. The minimum absolute atomic E-state index is 0.107. The largest absolute Gasteiger partial charge is 0.359 e. The molecule has 0 bridgehead atoms. The van der Waals surface area contributed by atoms with Gasteiger partial charge in [0.15, 0.2) is 0 Å². The van der Waals surface area contributed by atoms with Crippen LogP contribution in [-0.2, 0) is 4.52 Å². The molecule has 0 heterocycles. The first-order valence-electron chi connectivity index (χ1n) is 14.3. The van der Waals surface area contributed by atoms with E-state index in [0.717, 1.165) is 17.9 Å². The summed E-state index contributed by atoms with van der Waals surface area (Å²) in [5.74, 6) is 0. The van der Waals surface area contributed by atoms with Gasteiger partial charge in [0, 0.05) is 19.5 Å². The van der Waals surface area contributed by atoms with E-state index in [1.54, 1.807) is 0 Å². The second-order valence-corrected chi connectivity index (χ2v) is 12.8. The Hall–Kier alpha value is 0.390. The molecule has 0 radical (unpaired) electrons. The average molecular weight is 439 g/mol. The van der Waals surface area contributed by atoms with Crippen LogP contribution in [0.15, 0.2) is 0 Å². The maximum Gasteiger partial charge on any atom is 0.0509 e. The smallest absolute Gasteiger partial charge is 0.0509 e. The Morgan fingerprint density at radius 1 is 0.500 bits per heavy atom. The van der Waals surface area contributed by atoms with Gasteiger partial charge in [-0.15, -0.1) is 0 Å². The van der Waals surface area contributed by atoms with E-state index in [2.05, 4.69) is 6.92 Å². The van der Waals surface area contributed by atoms with E-state index in [0.29, 0.717) is 0 Å². The SMILES string of the molecule is CCCCCCCCCCCCCCCCCCOP(C1CCCC1)C1CCCC1. The molecule has 1 nitrogen and oxygen atoms in total. The van der Waals surface area contributed by atoms with Crippen LogP contribution in [0.5, 0.6) is 0 Å². The third-order valence-electron chi connectivity index (χ3n) is 7.61. The van der Waals surface area contributed by atoms with Crippen LogP contribution in [0.2, 0.25) is 0 Å². The van der Waals surface area contributed by atoms with Crippen LogP contribution in [0, 0.1) is 0 Å². The van der Waals surface area contributed by atoms with Crippen LogP contribution >= 0.6 is 8.15 Å². The number of hydrogen-bond donors (Lipinski definition) is 0. The van der Waals surface area contributed by atoms with Crippen molar-refractivity contribution in [3.8, 4) is 0 Å². The molecule has 0 unspecified atom stereocenters. The highest BCUT2D eigenvalue weighted by atomic mass is 31.1. The molecule has 0 aliphatic heterocycles. The normalized spacial score (nSPS) is 18.2. The van der Waals surface area contributed by atoms with E-state index in [1.807, 2.05) is 0 Å². The third-order valence-corrected chi connectivity index (χ3v) is 10.6. The highest BCUT2D eigenvalue weighted by molar-refractivity contribution is 7.54. The van der Waals surface area contributed by atoms with E-state index in [4.69, 9.17) is 4.52 Å². The van der Waals surface area contributed by atoms with Crippen LogP contribution in [0.1, 0.15) is 161 Å². The first-order valence-corrected chi connectivity index (χ1v) is 15.7. The number of unbranched alkanes of at least 4 members (excludes halogenated alkanes) is 15. The molecule has 178 valence electrons. The summed E-state index contributed by atoms with van der Waals surface area (Å²) in [7, 11) is -0.107. The summed E-state index contributed by atoms with van der Waals surface area (Å²) in [6.07, 6.45) is 35.0. The Bertz CT molecular complexity index is 344. The minimum Gasteiger partial charge on any atom is -0.359 e. The molecule has 0 N–H and O–H groups in total. The maximum absolute atomic E-state index is 6.59. The Morgan fingerprint density at radius 3 is 1.20 bits per heavy atom. The molecule has 2 saturated carbocycles. The number of rotatable bonds is 20. The second kappa shape index (κ2) is 18.9. The fourth-order valence-corrected chi connectivity index (χ4v) is 8.75. The molecule has 30 heavy (non-hydrogen) atoms. The Morgan fingerprint density at radius 2 is 0.833 bits per heavy atom. The Balaban J connectivity index is 1.33. The predicted octanol–water partition coefficient (Wildman–Crippen LogP) is 10.5. The first kappa shape index (κ1) is 26.6. The van der Waals surface area contributed by atoms with Crippen molar-refractivity contribution in [2.75, 3.05) is 6.61 Å². The van der Waals surface area contributed by atoms with Gasteiger partial charge in [-0.25, -0.2) is 0 Å². The first-order chi connectivity index (χ1) is 14.9. The minimum atomic E-state index is -0.107. The molecular formula is C28H55OP. The Labute approximate surface area is 191 Å². The highest BCUT2D eigenvalue weighted by Gasteiger charge is 2.33.